The van der Waals surface area contributed by atoms with Crippen LogP contribution in [0.1, 0.15) is 151 Å². The zero-order valence-corrected chi connectivity index (χ0v) is 49.7. The minimum Gasteiger partial charge on any atom is -0.310 e. The Kier molecular flexibility index (Phi) is 11.6. The van der Waals surface area contributed by atoms with E-state index in [1.165, 1.54) is 183 Å². The van der Waals surface area contributed by atoms with Gasteiger partial charge in [-0.2, -0.15) is 0 Å². The molecule has 4 nitrogen and oxygen atoms in total. The van der Waals surface area contributed by atoms with Gasteiger partial charge in [0.25, 0.3) is 0 Å². The predicted octanol–water partition coefficient (Wildman–Crippen LogP) is 22.2. The number of fused-ring (bicyclic) bond motifs is 12. The molecular weight excluding hydrogens is 957 g/mol. The molecule has 0 saturated carbocycles. The summed E-state index contributed by atoms with van der Waals surface area (Å²) in [6, 6.07) is 50.1. The Balaban J connectivity index is 1.11. The highest BCUT2D eigenvalue weighted by molar-refractivity contribution is 6.32. The van der Waals surface area contributed by atoms with Gasteiger partial charge in [-0.3, -0.25) is 0 Å². The fourth-order valence-electron chi connectivity index (χ4n) is 15.9. The van der Waals surface area contributed by atoms with Crippen molar-refractivity contribution in [1.82, 2.24) is 8.80 Å². The standard InChI is InChI=1S/C75H76N4/c1-39(2)68-43(9)30-52(31-44(68)10)76(53-32-45(11)69(40(3)4)46(12)33-53)63-28-26-55-59-37-67-60(38-66(59)78-61-24-20-18-22-57(61)72(63)74(55)78)56-27-29-64(73-58-23-19-21-25-62(58)79(67)75(56)73)77(54-34-47(13)70(41(5)6)48(14)35-54)65-36-49(15)71(42(7)8)51(17)50(65)16/h18-42H,1-17H3. The van der Waals surface area contributed by atoms with Gasteiger partial charge in [-0.05, 0) is 237 Å². The lowest BCUT2D eigenvalue weighted by molar-refractivity contribution is 0.842. The largest absolute Gasteiger partial charge is 0.310 e. The van der Waals surface area contributed by atoms with E-state index in [1.807, 2.05) is 0 Å². The van der Waals surface area contributed by atoms with E-state index < -0.39 is 0 Å². The summed E-state index contributed by atoms with van der Waals surface area (Å²) >= 11 is 0. The molecule has 0 saturated heterocycles. The van der Waals surface area contributed by atoms with Gasteiger partial charge in [-0.15, -0.1) is 0 Å². The van der Waals surface area contributed by atoms with Crippen molar-refractivity contribution in [2.24, 2.45) is 0 Å². The Hall–Kier alpha value is -7.82. The predicted molar refractivity (Wildman–Crippen MR) is 344 cm³/mol. The van der Waals surface area contributed by atoms with Crippen molar-refractivity contribution in [3.8, 4) is 0 Å². The molecule has 9 aromatic carbocycles. The van der Waals surface area contributed by atoms with Crippen molar-refractivity contribution in [2.45, 2.75) is 141 Å². The average molecular weight is 1030 g/mol. The molecule has 0 aliphatic heterocycles. The smallest absolute Gasteiger partial charge is 0.0641 e. The van der Waals surface area contributed by atoms with Crippen LogP contribution >= 0.6 is 0 Å². The lowest BCUT2D eigenvalue weighted by atomic mass is 9.88. The third-order valence-corrected chi connectivity index (χ3v) is 18.4. The van der Waals surface area contributed by atoms with Crippen molar-refractivity contribution >= 4 is 110 Å². The quantitative estimate of drug-likeness (QED) is 0.136. The van der Waals surface area contributed by atoms with Crippen molar-refractivity contribution in [2.75, 3.05) is 9.80 Å². The highest BCUT2D eigenvalue weighted by atomic mass is 15.2. The Bertz CT molecular complexity index is 4530. The number of para-hydroxylation sites is 2. The SMILES string of the molecule is Cc1cc(N(c2cc(C)c(C(C)C)c(C)c2)c2ccc3c4cc5c(cc4n4c6ccccc6c2c34)c2ccc(N(c3cc(C)c(C(C)C)c(C)c3)c3cc(C)c(C(C)C)c(C)c3C)c3c4ccccc4n5c23)cc(C)c1C(C)C. The van der Waals surface area contributed by atoms with Crippen LogP contribution < -0.4 is 9.80 Å². The zero-order valence-electron chi connectivity index (χ0n) is 49.7. The number of hydrogen-bond donors (Lipinski definition) is 0. The Morgan fingerprint density at radius 2 is 0.633 bits per heavy atom. The zero-order chi connectivity index (χ0) is 55.5. The van der Waals surface area contributed by atoms with E-state index >= 15 is 0 Å². The molecule has 0 aliphatic carbocycles. The summed E-state index contributed by atoms with van der Waals surface area (Å²) < 4.78 is 5.18. The molecule has 0 N–H and O–H groups in total. The Labute approximate surface area is 467 Å². The first-order chi connectivity index (χ1) is 37.8. The van der Waals surface area contributed by atoms with Crippen molar-refractivity contribution < 1.29 is 0 Å². The van der Waals surface area contributed by atoms with Crippen LogP contribution in [0, 0.1) is 62.3 Å². The second-order valence-corrected chi connectivity index (χ2v) is 24.9. The monoisotopic (exact) mass is 1030 g/mol. The number of rotatable bonds is 10. The van der Waals surface area contributed by atoms with E-state index in [0.717, 1.165) is 0 Å². The summed E-state index contributed by atoms with van der Waals surface area (Å²) in [4.78, 5) is 5.17. The molecule has 13 aromatic rings. The first-order valence-electron chi connectivity index (χ1n) is 29.1. The molecule has 0 fully saturated rings. The van der Waals surface area contributed by atoms with Crippen LogP contribution in [0.15, 0.2) is 127 Å². The molecule has 0 spiro atoms. The maximum Gasteiger partial charge on any atom is 0.0641 e. The molecule has 4 heteroatoms. The van der Waals surface area contributed by atoms with E-state index in [1.54, 1.807) is 0 Å². The lowest BCUT2D eigenvalue weighted by Gasteiger charge is -2.32. The first kappa shape index (κ1) is 50.7. The lowest BCUT2D eigenvalue weighted by Crippen LogP contribution is -2.15. The van der Waals surface area contributed by atoms with Gasteiger partial charge in [0.05, 0.1) is 44.5 Å². The molecule has 4 aromatic heterocycles. The van der Waals surface area contributed by atoms with Gasteiger partial charge >= 0.3 is 0 Å². The molecule has 0 unspecified atom stereocenters. The van der Waals surface area contributed by atoms with E-state index in [2.05, 4.69) is 264 Å². The van der Waals surface area contributed by atoms with Crippen molar-refractivity contribution in [3.63, 3.8) is 0 Å². The van der Waals surface area contributed by atoms with Crippen LogP contribution in [0.25, 0.3) is 76.2 Å². The number of anilines is 6. The van der Waals surface area contributed by atoms with E-state index in [4.69, 9.17) is 0 Å². The summed E-state index contributed by atoms with van der Waals surface area (Å²) in [5, 5.41) is 10.2. The second-order valence-electron chi connectivity index (χ2n) is 24.9. The molecule has 0 atom stereocenters. The summed E-state index contributed by atoms with van der Waals surface area (Å²) in [5.41, 5.74) is 32.5. The molecule has 396 valence electrons. The summed E-state index contributed by atoms with van der Waals surface area (Å²) in [7, 11) is 0. The third-order valence-electron chi connectivity index (χ3n) is 18.4. The van der Waals surface area contributed by atoms with Gasteiger partial charge in [-0.1, -0.05) is 104 Å². The van der Waals surface area contributed by atoms with Crippen molar-refractivity contribution in [1.29, 1.82) is 0 Å². The number of benzene rings is 9. The molecule has 4 heterocycles. The van der Waals surface area contributed by atoms with Gasteiger partial charge in [0.15, 0.2) is 0 Å². The molecule has 0 aliphatic rings. The van der Waals surface area contributed by atoms with Gasteiger partial charge < -0.3 is 18.6 Å². The van der Waals surface area contributed by atoms with Crippen LogP contribution in [0.5, 0.6) is 0 Å². The van der Waals surface area contributed by atoms with Gasteiger partial charge in [0.1, 0.15) is 0 Å². The molecule has 0 radical (unpaired) electrons. The topological polar surface area (TPSA) is 15.3 Å². The minimum atomic E-state index is 0.431. The molecular formula is C75H76N4. The van der Waals surface area contributed by atoms with E-state index in [9.17, 15) is 0 Å². The van der Waals surface area contributed by atoms with Crippen LogP contribution in [-0.4, -0.2) is 8.80 Å². The van der Waals surface area contributed by atoms with E-state index in [0.29, 0.717) is 23.7 Å². The first-order valence-corrected chi connectivity index (χ1v) is 29.1. The number of nitrogens with zero attached hydrogens (tertiary/aromatic N) is 4. The normalized spacial score (nSPS) is 12.6. The Morgan fingerprint density at radius 1 is 0.291 bits per heavy atom. The summed E-state index contributed by atoms with van der Waals surface area (Å²) in [5.74, 6) is 1.74. The van der Waals surface area contributed by atoms with Crippen LogP contribution in [0.2, 0.25) is 0 Å². The molecule has 79 heavy (non-hydrogen) atoms. The molecule has 0 amide bonds. The van der Waals surface area contributed by atoms with Crippen LogP contribution in [-0.2, 0) is 0 Å². The average Bonchev–Trinajstić information content (AvgIpc) is 2.48. The molecule has 0 bridgehead atoms. The van der Waals surface area contributed by atoms with Gasteiger partial charge in [0, 0.05) is 65.8 Å². The van der Waals surface area contributed by atoms with Gasteiger partial charge in [-0.25, -0.2) is 0 Å². The number of hydrogen-bond acceptors (Lipinski definition) is 2. The maximum absolute atomic E-state index is 2.60. The van der Waals surface area contributed by atoms with E-state index in [-0.39, 0.29) is 0 Å². The maximum atomic E-state index is 2.60. The van der Waals surface area contributed by atoms with Crippen molar-refractivity contribution in [3.05, 3.63) is 200 Å². The highest BCUT2D eigenvalue weighted by Crippen LogP contribution is 2.53. The van der Waals surface area contributed by atoms with Gasteiger partial charge in [0.2, 0.25) is 0 Å². The number of aromatic nitrogens is 2. The van der Waals surface area contributed by atoms with Crippen LogP contribution in [0.4, 0.5) is 34.1 Å². The fourth-order valence-corrected chi connectivity index (χ4v) is 15.9. The summed E-state index contributed by atoms with van der Waals surface area (Å²) in [6.07, 6.45) is 0. The highest BCUT2D eigenvalue weighted by Gasteiger charge is 2.30. The number of aryl methyl sites for hydroxylation is 7. The summed E-state index contributed by atoms with van der Waals surface area (Å²) in [6.45, 7) is 39.4. The molecule has 13 rings (SSSR count). The Morgan fingerprint density at radius 3 is 1.01 bits per heavy atom. The minimum absolute atomic E-state index is 0.431. The third kappa shape index (κ3) is 7.25. The second kappa shape index (κ2) is 18.1. The van der Waals surface area contributed by atoms with Crippen LogP contribution in [0.3, 0.4) is 0 Å². The fraction of sp³-hybridized carbons (Fsp3) is 0.280.